The summed E-state index contributed by atoms with van der Waals surface area (Å²) < 4.78 is 10.8. The summed E-state index contributed by atoms with van der Waals surface area (Å²) in [7, 11) is 1.58. The Balaban J connectivity index is 2.00. The van der Waals surface area contributed by atoms with E-state index in [1.54, 1.807) is 25.3 Å². The number of carbonyl (C=O) groups is 1. The second kappa shape index (κ2) is 7.49. The van der Waals surface area contributed by atoms with E-state index in [0.717, 1.165) is 25.9 Å². The van der Waals surface area contributed by atoms with Crippen molar-refractivity contribution in [2.24, 2.45) is 5.41 Å². The van der Waals surface area contributed by atoms with E-state index in [1.807, 2.05) is 6.92 Å². The Morgan fingerprint density at radius 2 is 2.05 bits per heavy atom. The Morgan fingerprint density at radius 3 is 2.68 bits per heavy atom. The van der Waals surface area contributed by atoms with Crippen molar-refractivity contribution >= 4 is 5.91 Å². The monoisotopic (exact) mass is 306 g/mol. The van der Waals surface area contributed by atoms with Gasteiger partial charge in [-0.15, -0.1) is 0 Å². The summed E-state index contributed by atoms with van der Waals surface area (Å²) in [6, 6.07) is 5.28. The van der Waals surface area contributed by atoms with Crippen LogP contribution in [-0.2, 0) is 0 Å². The van der Waals surface area contributed by atoms with Gasteiger partial charge in [-0.1, -0.05) is 6.92 Å². The molecule has 5 heteroatoms. The Morgan fingerprint density at radius 1 is 1.32 bits per heavy atom. The van der Waals surface area contributed by atoms with E-state index in [-0.39, 0.29) is 11.3 Å². The van der Waals surface area contributed by atoms with Crippen LogP contribution >= 0.6 is 0 Å². The van der Waals surface area contributed by atoms with Gasteiger partial charge in [0.25, 0.3) is 5.91 Å². The van der Waals surface area contributed by atoms with Crippen molar-refractivity contribution in [2.75, 3.05) is 33.4 Å². The van der Waals surface area contributed by atoms with Crippen LogP contribution in [0.1, 0.15) is 37.0 Å². The van der Waals surface area contributed by atoms with Crippen LogP contribution in [0.5, 0.6) is 11.5 Å². The Bertz CT molecular complexity index is 511. The van der Waals surface area contributed by atoms with E-state index in [2.05, 4.69) is 17.6 Å². The summed E-state index contributed by atoms with van der Waals surface area (Å²) in [4.78, 5) is 12.3. The number of methoxy groups -OCH3 is 1. The smallest absolute Gasteiger partial charge is 0.251 e. The van der Waals surface area contributed by atoms with Gasteiger partial charge in [-0.25, -0.2) is 0 Å². The van der Waals surface area contributed by atoms with Gasteiger partial charge in [-0.05, 0) is 56.5 Å². The van der Waals surface area contributed by atoms with Crippen molar-refractivity contribution in [3.05, 3.63) is 23.8 Å². The molecule has 1 amide bonds. The van der Waals surface area contributed by atoms with E-state index in [1.165, 1.54) is 0 Å². The van der Waals surface area contributed by atoms with Crippen LogP contribution in [0.3, 0.4) is 0 Å². The highest BCUT2D eigenvalue weighted by Gasteiger charge is 2.27. The molecule has 0 spiro atoms. The quantitative estimate of drug-likeness (QED) is 0.846. The molecule has 22 heavy (non-hydrogen) atoms. The zero-order valence-electron chi connectivity index (χ0n) is 13.7. The van der Waals surface area contributed by atoms with Gasteiger partial charge in [-0.3, -0.25) is 4.79 Å². The molecule has 0 saturated carbocycles. The number of ether oxygens (including phenoxy) is 2. The lowest BCUT2D eigenvalue weighted by Crippen LogP contribution is -2.42. The van der Waals surface area contributed by atoms with Gasteiger partial charge in [0.15, 0.2) is 11.5 Å². The summed E-state index contributed by atoms with van der Waals surface area (Å²) in [6.45, 7) is 7.44. The van der Waals surface area contributed by atoms with E-state index >= 15 is 0 Å². The molecule has 0 radical (unpaired) electrons. The van der Waals surface area contributed by atoms with Gasteiger partial charge >= 0.3 is 0 Å². The van der Waals surface area contributed by atoms with E-state index in [4.69, 9.17) is 9.47 Å². The van der Waals surface area contributed by atoms with Crippen molar-refractivity contribution in [3.8, 4) is 11.5 Å². The molecule has 2 rings (SSSR count). The summed E-state index contributed by atoms with van der Waals surface area (Å²) in [5, 5.41) is 6.40. The van der Waals surface area contributed by atoms with Crippen molar-refractivity contribution < 1.29 is 14.3 Å². The van der Waals surface area contributed by atoms with Crippen LogP contribution in [0.2, 0.25) is 0 Å². The minimum absolute atomic E-state index is 0.0684. The molecule has 1 fully saturated rings. The molecule has 0 unspecified atom stereocenters. The lowest BCUT2D eigenvalue weighted by atomic mass is 9.81. The van der Waals surface area contributed by atoms with Gasteiger partial charge in [0.2, 0.25) is 0 Å². The van der Waals surface area contributed by atoms with E-state index in [0.29, 0.717) is 30.2 Å². The molecule has 1 saturated heterocycles. The third kappa shape index (κ3) is 4.13. The standard InChI is InChI=1S/C17H26N2O3/c1-4-22-14-6-5-13(11-15(14)21-3)16(20)19-12-17(2)7-9-18-10-8-17/h5-6,11,18H,4,7-10,12H2,1-3H3,(H,19,20). The maximum absolute atomic E-state index is 12.3. The lowest BCUT2D eigenvalue weighted by Gasteiger charge is -2.34. The fourth-order valence-electron chi connectivity index (χ4n) is 2.69. The molecule has 1 heterocycles. The first-order chi connectivity index (χ1) is 10.6. The maximum atomic E-state index is 12.3. The molecular weight excluding hydrogens is 280 g/mol. The van der Waals surface area contributed by atoms with E-state index in [9.17, 15) is 4.79 Å². The van der Waals surface area contributed by atoms with Gasteiger partial charge in [0, 0.05) is 12.1 Å². The van der Waals surface area contributed by atoms with Crippen molar-refractivity contribution in [2.45, 2.75) is 26.7 Å². The Hall–Kier alpha value is -1.75. The number of piperidine rings is 1. The maximum Gasteiger partial charge on any atom is 0.251 e. The van der Waals surface area contributed by atoms with Crippen molar-refractivity contribution in [1.29, 1.82) is 0 Å². The number of rotatable bonds is 6. The van der Waals surface area contributed by atoms with Crippen LogP contribution < -0.4 is 20.1 Å². The highest BCUT2D eigenvalue weighted by molar-refractivity contribution is 5.94. The first-order valence-corrected chi connectivity index (χ1v) is 7.88. The molecule has 1 aliphatic heterocycles. The Kier molecular flexibility index (Phi) is 5.66. The molecule has 0 atom stereocenters. The first-order valence-electron chi connectivity index (χ1n) is 7.88. The predicted octanol–water partition coefficient (Wildman–Crippen LogP) is 2.21. The lowest BCUT2D eigenvalue weighted by molar-refractivity contribution is 0.0922. The van der Waals surface area contributed by atoms with Gasteiger partial charge < -0.3 is 20.1 Å². The molecule has 2 N–H and O–H groups in total. The number of hydrogen-bond donors (Lipinski definition) is 2. The van der Waals surface area contributed by atoms with Crippen LogP contribution in [-0.4, -0.2) is 39.3 Å². The molecule has 122 valence electrons. The second-order valence-electron chi connectivity index (χ2n) is 6.04. The van der Waals surface area contributed by atoms with Crippen molar-refractivity contribution in [3.63, 3.8) is 0 Å². The molecule has 0 aromatic heterocycles. The predicted molar refractivity (Wildman–Crippen MR) is 86.7 cm³/mol. The van der Waals surface area contributed by atoms with Crippen LogP contribution in [0.25, 0.3) is 0 Å². The largest absolute Gasteiger partial charge is 0.493 e. The van der Waals surface area contributed by atoms with Crippen LogP contribution in [0.15, 0.2) is 18.2 Å². The minimum atomic E-state index is -0.0684. The molecule has 0 aliphatic carbocycles. The molecule has 5 nitrogen and oxygen atoms in total. The third-order valence-corrected chi connectivity index (χ3v) is 4.21. The van der Waals surface area contributed by atoms with Gasteiger partial charge in [-0.2, -0.15) is 0 Å². The third-order valence-electron chi connectivity index (χ3n) is 4.21. The molecule has 1 aromatic carbocycles. The minimum Gasteiger partial charge on any atom is -0.493 e. The Labute approximate surface area is 132 Å². The highest BCUT2D eigenvalue weighted by atomic mass is 16.5. The number of amides is 1. The molecule has 0 bridgehead atoms. The van der Waals surface area contributed by atoms with E-state index < -0.39 is 0 Å². The van der Waals surface area contributed by atoms with Crippen LogP contribution in [0, 0.1) is 5.41 Å². The normalized spacial score (nSPS) is 16.9. The summed E-state index contributed by atoms with van der Waals surface area (Å²) in [6.07, 6.45) is 2.17. The molecular formula is C17H26N2O3. The topological polar surface area (TPSA) is 59.6 Å². The zero-order chi connectivity index (χ0) is 16.0. The number of hydrogen-bond acceptors (Lipinski definition) is 4. The zero-order valence-corrected chi connectivity index (χ0v) is 13.7. The fourth-order valence-corrected chi connectivity index (χ4v) is 2.69. The van der Waals surface area contributed by atoms with Gasteiger partial charge in [0.1, 0.15) is 0 Å². The molecule has 1 aromatic rings. The fraction of sp³-hybridized carbons (Fsp3) is 0.588. The summed E-state index contributed by atoms with van der Waals surface area (Å²) in [5.41, 5.74) is 0.772. The average Bonchev–Trinajstić information content (AvgIpc) is 2.54. The number of nitrogens with one attached hydrogen (secondary N) is 2. The number of carbonyl (C=O) groups excluding carboxylic acids is 1. The SMILES string of the molecule is CCOc1ccc(C(=O)NCC2(C)CCNCC2)cc1OC. The summed E-state index contributed by atoms with van der Waals surface area (Å²) >= 11 is 0. The average molecular weight is 306 g/mol. The highest BCUT2D eigenvalue weighted by Crippen LogP contribution is 2.29. The molecule has 1 aliphatic rings. The van der Waals surface area contributed by atoms with Gasteiger partial charge in [0.05, 0.1) is 13.7 Å². The summed E-state index contributed by atoms with van der Waals surface area (Å²) in [5.74, 6) is 1.18. The first kappa shape index (κ1) is 16.6. The van der Waals surface area contributed by atoms with Crippen LogP contribution in [0.4, 0.5) is 0 Å². The van der Waals surface area contributed by atoms with Crippen molar-refractivity contribution in [1.82, 2.24) is 10.6 Å². The number of benzene rings is 1. The second-order valence-corrected chi connectivity index (χ2v) is 6.04.